The molecule has 0 aliphatic carbocycles. The number of nitrogens with two attached hydrogens (primary N) is 1. The van der Waals surface area contributed by atoms with Crippen molar-refractivity contribution in [3.8, 4) is 6.07 Å². The average Bonchev–Trinajstić information content (AvgIpc) is 2.10. The number of aromatic nitrogens is 1. The first-order valence-electron chi connectivity index (χ1n) is 2.27. The van der Waals surface area contributed by atoms with Crippen LogP contribution in [0.4, 0.5) is 0 Å². The number of hydrogen-bond acceptors (Lipinski definition) is 2. The summed E-state index contributed by atoms with van der Waals surface area (Å²) in [6.07, 6.45) is 1.47. The summed E-state index contributed by atoms with van der Waals surface area (Å²) in [6.45, 7) is 0. The van der Waals surface area contributed by atoms with E-state index in [4.69, 9.17) is 22.7 Å². The number of nitrogens with zero attached hydrogens (tertiary/aromatic N) is 2. The highest BCUT2D eigenvalue weighted by Crippen LogP contribution is 2.09. The Morgan fingerprint density at radius 1 is 1.78 bits per heavy atom. The van der Waals surface area contributed by atoms with Crippen molar-refractivity contribution in [3.63, 3.8) is 0 Å². The van der Waals surface area contributed by atoms with E-state index in [1.54, 1.807) is 0 Å². The van der Waals surface area contributed by atoms with Gasteiger partial charge in [0.15, 0.2) is 0 Å². The smallest absolute Gasteiger partial charge is 0.140 e. The third kappa shape index (κ3) is 0.980. The molecule has 0 aliphatic rings. The van der Waals surface area contributed by atoms with Gasteiger partial charge in [0, 0.05) is 6.20 Å². The lowest BCUT2D eigenvalue weighted by molar-refractivity contribution is 0.995. The molecule has 0 fully saturated rings. The Labute approximate surface area is 57.2 Å². The fourth-order valence-electron chi connectivity index (χ4n) is 0.535. The SMILES string of the molecule is N#Cc1cc(Cl)cn1N. The van der Waals surface area contributed by atoms with Gasteiger partial charge in [-0.1, -0.05) is 11.6 Å². The van der Waals surface area contributed by atoms with Crippen molar-refractivity contribution in [2.75, 3.05) is 5.84 Å². The van der Waals surface area contributed by atoms with Gasteiger partial charge in [0.25, 0.3) is 0 Å². The monoisotopic (exact) mass is 141 g/mol. The largest absolute Gasteiger partial charge is 0.338 e. The molecule has 1 aromatic heterocycles. The average molecular weight is 142 g/mol. The van der Waals surface area contributed by atoms with Crippen LogP contribution in [0.2, 0.25) is 5.02 Å². The topological polar surface area (TPSA) is 54.7 Å². The Morgan fingerprint density at radius 3 is 2.67 bits per heavy atom. The summed E-state index contributed by atoms with van der Waals surface area (Å²) in [7, 11) is 0. The number of halogens is 1. The lowest BCUT2D eigenvalue weighted by atomic mass is 10.5. The van der Waals surface area contributed by atoms with Crippen LogP contribution in [-0.2, 0) is 0 Å². The predicted octanol–water partition coefficient (Wildman–Crippen LogP) is 0.727. The van der Waals surface area contributed by atoms with Crippen molar-refractivity contribution in [2.24, 2.45) is 0 Å². The molecule has 0 atom stereocenters. The highest BCUT2D eigenvalue weighted by atomic mass is 35.5. The molecule has 46 valence electrons. The first-order chi connectivity index (χ1) is 4.24. The molecular formula is C5H4ClN3. The molecule has 0 aliphatic heterocycles. The first kappa shape index (κ1) is 5.99. The maximum Gasteiger partial charge on any atom is 0.140 e. The van der Waals surface area contributed by atoms with Crippen LogP contribution in [0.1, 0.15) is 5.69 Å². The maximum atomic E-state index is 8.32. The lowest BCUT2D eigenvalue weighted by Gasteiger charge is -1.87. The van der Waals surface area contributed by atoms with Gasteiger partial charge < -0.3 is 5.84 Å². The van der Waals surface area contributed by atoms with E-state index in [9.17, 15) is 0 Å². The number of hydrogen-bond donors (Lipinski definition) is 1. The van der Waals surface area contributed by atoms with E-state index in [-0.39, 0.29) is 0 Å². The van der Waals surface area contributed by atoms with Crippen LogP contribution in [0.25, 0.3) is 0 Å². The van der Waals surface area contributed by atoms with Crippen LogP contribution in [0.3, 0.4) is 0 Å². The minimum absolute atomic E-state index is 0.361. The highest BCUT2D eigenvalue weighted by Gasteiger charge is 1.97. The Hall–Kier alpha value is -1.14. The van der Waals surface area contributed by atoms with Crippen molar-refractivity contribution in [1.29, 1.82) is 5.26 Å². The molecule has 1 heterocycles. The molecule has 4 heteroatoms. The van der Waals surface area contributed by atoms with Crippen molar-refractivity contribution in [2.45, 2.75) is 0 Å². The minimum Gasteiger partial charge on any atom is -0.338 e. The number of rotatable bonds is 0. The normalized spacial score (nSPS) is 8.89. The molecule has 1 rings (SSSR count). The van der Waals surface area contributed by atoms with E-state index in [0.717, 1.165) is 0 Å². The van der Waals surface area contributed by atoms with Crippen LogP contribution in [0.15, 0.2) is 12.3 Å². The molecule has 0 spiro atoms. The second-order valence-electron chi connectivity index (χ2n) is 1.56. The Balaban J connectivity index is 3.20. The van der Waals surface area contributed by atoms with Gasteiger partial charge in [-0.05, 0) is 6.07 Å². The summed E-state index contributed by atoms with van der Waals surface area (Å²) in [5.41, 5.74) is 0.361. The summed E-state index contributed by atoms with van der Waals surface area (Å²) in [4.78, 5) is 0. The van der Waals surface area contributed by atoms with Crippen molar-refractivity contribution in [1.82, 2.24) is 4.68 Å². The predicted molar refractivity (Wildman–Crippen MR) is 34.3 cm³/mol. The van der Waals surface area contributed by atoms with Gasteiger partial charge >= 0.3 is 0 Å². The van der Waals surface area contributed by atoms with Gasteiger partial charge in [-0.3, -0.25) is 4.68 Å². The van der Waals surface area contributed by atoms with E-state index in [2.05, 4.69) is 0 Å². The molecule has 9 heavy (non-hydrogen) atoms. The summed E-state index contributed by atoms with van der Waals surface area (Å²) in [5.74, 6) is 5.26. The molecule has 0 saturated carbocycles. The molecule has 0 unspecified atom stereocenters. The maximum absolute atomic E-state index is 8.32. The third-order valence-corrected chi connectivity index (χ3v) is 1.14. The third-order valence-electron chi connectivity index (χ3n) is 0.930. The van der Waals surface area contributed by atoms with E-state index >= 15 is 0 Å². The fraction of sp³-hybridized carbons (Fsp3) is 0. The lowest BCUT2D eigenvalue weighted by Crippen LogP contribution is -2.07. The van der Waals surface area contributed by atoms with E-state index in [0.29, 0.717) is 10.7 Å². The van der Waals surface area contributed by atoms with Crippen LogP contribution in [0, 0.1) is 11.3 Å². The molecule has 0 radical (unpaired) electrons. The van der Waals surface area contributed by atoms with E-state index in [1.807, 2.05) is 6.07 Å². The zero-order valence-corrected chi connectivity index (χ0v) is 5.26. The van der Waals surface area contributed by atoms with E-state index in [1.165, 1.54) is 16.9 Å². The van der Waals surface area contributed by atoms with Gasteiger partial charge in [0.2, 0.25) is 0 Å². The molecular weight excluding hydrogens is 138 g/mol. The van der Waals surface area contributed by atoms with Crippen LogP contribution >= 0.6 is 11.6 Å². The molecule has 0 aromatic carbocycles. The van der Waals surface area contributed by atoms with Gasteiger partial charge in [-0.15, -0.1) is 0 Å². The molecule has 0 bridgehead atoms. The molecule has 2 N–H and O–H groups in total. The van der Waals surface area contributed by atoms with Gasteiger partial charge in [-0.2, -0.15) is 5.26 Å². The highest BCUT2D eigenvalue weighted by molar-refractivity contribution is 6.30. The second kappa shape index (κ2) is 2.00. The Bertz CT molecular complexity index is 258. The van der Waals surface area contributed by atoms with Gasteiger partial charge in [-0.25, -0.2) is 0 Å². The Kier molecular flexibility index (Phi) is 1.33. The van der Waals surface area contributed by atoms with Crippen LogP contribution < -0.4 is 5.84 Å². The first-order valence-corrected chi connectivity index (χ1v) is 2.65. The summed E-state index contributed by atoms with van der Waals surface area (Å²) >= 11 is 5.49. The Morgan fingerprint density at radius 2 is 2.44 bits per heavy atom. The second-order valence-corrected chi connectivity index (χ2v) is 2.00. The molecule has 3 nitrogen and oxygen atoms in total. The van der Waals surface area contributed by atoms with Gasteiger partial charge in [0.05, 0.1) is 5.02 Å². The molecule has 1 aromatic rings. The quantitative estimate of drug-likeness (QED) is 0.542. The van der Waals surface area contributed by atoms with Crippen LogP contribution in [-0.4, -0.2) is 4.68 Å². The zero-order valence-electron chi connectivity index (χ0n) is 4.50. The van der Waals surface area contributed by atoms with Crippen LogP contribution in [0.5, 0.6) is 0 Å². The van der Waals surface area contributed by atoms with E-state index < -0.39 is 0 Å². The molecule has 0 saturated heterocycles. The number of nitriles is 1. The zero-order chi connectivity index (χ0) is 6.85. The minimum atomic E-state index is 0.361. The number of nitrogen functional groups attached to an aromatic ring is 1. The van der Waals surface area contributed by atoms with Crippen molar-refractivity contribution >= 4 is 11.6 Å². The standard InChI is InChI=1S/C5H4ClN3/c6-4-1-5(2-7)9(8)3-4/h1,3H,8H2. The summed E-state index contributed by atoms with van der Waals surface area (Å²) < 4.78 is 1.18. The van der Waals surface area contributed by atoms with Crippen molar-refractivity contribution < 1.29 is 0 Å². The van der Waals surface area contributed by atoms with Crippen molar-refractivity contribution in [3.05, 3.63) is 23.0 Å². The summed E-state index contributed by atoms with van der Waals surface area (Å²) in [5, 5.41) is 8.80. The molecule has 0 amide bonds. The summed E-state index contributed by atoms with van der Waals surface area (Å²) in [6, 6.07) is 3.37. The fourth-order valence-corrected chi connectivity index (χ4v) is 0.743. The van der Waals surface area contributed by atoms with Gasteiger partial charge in [0.1, 0.15) is 11.8 Å².